The molecule has 1 N–H and O–H groups in total. The van der Waals surface area contributed by atoms with Crippen LogP contribution in [0.15, 0.2) is 36.4 Å². The highest BCUT2D eigenvalue weighted by Crippen LogP contribution is 2.22. The lowest BCUT2D eigenvalue weighted by Gasteiger charge is -2.04. The first-order valence-corrected chi connectivity index (χ1v) is 5.55. The van der Waals surface area contributed by atoms with E-state index in [4.69, 9.17) is 5.11 Å². The molecule has 0 aliphatic rings. The molecule has 0 unspecified atom stereocenters. The Hall–Kier alpha value is -2.00. The minimum atomic E-state index is -0.0435. The van der Waals surface area contributed by atoms with E-state index in [2.05, 4.69) is 9.97 Å². The summed E-state index contributed by atoms with van der Waals surface area (Å²) in [5.74, 6) is 0. The maximum Gasteiger partial charge on any atom is 0.0969 e. The number of aliphatic hydroxyl groups excluding tert-OH is 1. The zero-order chi connectivity index (χ0) is 11.8. The van der Waals surface area contributed by atoms with E-state index in [0.717, 1.165) is 27.5 Å². The smallest absolute Gasteiger partial charge is 0.0969 e. The van der Waals surface area contributed by atoms with E-state index in [9.17, 15) is 0 Å². The minimum Gasteiger partial charge on any atom is -0.390 e. The van der Waals surface area contributed by atoms with Gasteiger partial charge in [0.25, 0.3) is 0 Å². The van der Waals surface area contributed by atoms with Crippen LogP contribution in [0, 0.1) is 6.92 Å². The Labute approximate surface area is 98.8 Å². The van der Waals surface area contributed by atoms with Gasteiger partial charge in [0.2, 0.25) is 0 Å². The summed E-state index contributed by atoms with van der Waals surface area (Å²) in [6.45, 7) is 1.92. The predicted molar refractivity (Wildman–Crippen MR) is 67.7 cm³/mol. The third kappa shape index (κ3) is 1.65. The average molecular weight is 224 g/mol. The van der Waals surface area contributed by atoms with Crippen LogP contribution in [-0.2, 0) is 6.61 Å². The van der Waals surface area contributed by atoms with Crippen molar-refractivity contribution in [2.75, 3.05) is 0 Å². The summed E-state index contributed by atoms with van der Waals surface area (Å²) in [5, 5.41) is 11.3. The minimum absolute atomic E-state index is 0.0435. The Morgan fingerprint density at radius 1 is 0.882 bits per heavy atom. The summed E-state index contributed by atoms with van der Waals surface area (Å²) in [7, 11) is 0. The number of benzene rings is 1. The highest BCUT2D eigenvalue weighted by Gasteiger charge is 2.04. The Bertz CT molecular complexity index is 707. The van der Waals surface area contributed by atoms with Gasteiger partial charge in [0.15, 0.2) is 0 Å². The van der Waals surface area contributed by atoms with Crippen LogP contribution in [0.4, 0.5) is 0 Å². The molecule has 1 aromatic carbocycles. The Morgan fingerprint density at radius 2 is 1.47 bits per heavy atom. The van der Waals surface area contributed by atoms with Crippen LogP contribution in [0.3, 0.4) is 0 Å². The number of fused-ring (bicyclic) bond motifs is 3. The van der Waals surface area contributed by atoms with E-state index >= 15 is 0 Å². The molecule has 0 bridgehead atoms. The second-order valence-corrected chi connectivity index (χ2v) is 4.12. The molecule has 3 heteroatoms. The molecule has 2 heterocycles. The van der Waals surface area contributed by atoms with Gasteiger partial charge < -0.3 is 5.11 Å². The number of pyridine rings is 2. The van der Waals surface area contributed by atoms with Crippen LogP contribution in [-0.4, -0.2) is 15.1 Å². The van der Waals surface area contributed by atoms with Gasteiger partial charge in [-0.15, -0.1) is 0 Å². The fraction of sp³-hybridized carbons (Fsp3) is 0.143. The van der Waals surface area contributed by atoms with Crippen LogP contribution in [0.25, 0.3) is 21.8 Å². The van der Waals surface area contributed by atoms with Gasteiger partial charge in [-0.3, -0.25) is 4.98 Å². The highest BCUT2D eigenvalue weighted by atomic mass is 16.3. The number of nitrogens with zero attached hydrogens (tertiary/aromatic N) is 2. The Balaban J connectivity index is 2.47. The second-order valence-electron chi connectivity index (χ2n) is 4.12. The lowest BCUT2D eigenvalue weighted by atomic mass is 10.1. The zero-order valence-corrected chi connectivity index (χ0v) is 9.51. The fourth-order valence-electron chi connectivity index (χ4n) is 1.99. The van der Waals surface area contributed by atoms with E-state index in [1.165, 1.54) is 0 Å². The van der Waals surface area contributed by atoms with E-state index in [0.29, 0.717) is 5.69 Å². The normalized spacial score (nSPS) is 11.2. The van der Waals surface area contributed by atoms with Crippen molar-refractivity contribution in [3.05, 3.63) is 47.8 Å². The molecule has 0 atom stereocenters. The molecular formula is C14H12N2O. The van der Waals surface area contributed by atoms with Gasteiger partial charge in [-0.05, 0) is 19.1 Å². The van der Waals surface area contributed by atoms with Crippen LogP contribution in [0.2, 0.25) is 0 Å². The van der Waals surface area contributed by atoms with Gasteiger partial charge in [0, 0.05) is 16.5 Å². The van der Waals surface area contributed by atoms with Gasteiger partial charge in [0.1, 0.15) is 0 Å². The molecule has 2 aromatic heterocycles. The average Bonchev–Trinajstić information content (AvgIpc) is 2.38. The molecule has 0 radical (unpaired) electrons. The second kappa shape index (κ2) is 3.79. The van der Waals surface area contributed by atoms with E-state index < -0.39 is 0 Å². The number of hydrogen-bond donors (Lipinski definition) is 1. The standard InChI is InChI=1S/C14H12N2O/c1-9-2-3-10-4-5-11-6-7-12(8-17)16-14(11)13(10)15-9/h2-7,17H,8H2,1H3. The monoisotopic (exact) mass is 224 g/mol. The van der Waals surface area contributed by atoms with Gasteiger partial charge in [0.05, 0.1) is 23.3 Å². The molecule has 0 fully saturated rings. The van der Waals surface area contributed by atoms with Gasteiger partial charge in [-0.2, -0.15) is 0 Å². The number of hydrogen-bond acceptors (Lipinski definition) is 3. The van der Waals surface area contributed by atoms with Crippen LogP contribution in [0.1, 0.15) is 11.4 Å². The maximum absolute atomic E-state index is 9.14. The lowest BCUT2D eigenvalue weighted by molar-refractivity contribution is 0.277. The Kier molecular flexibility index (Phi) is 2.27. The quantitative estimate of drug-likeness (QED) is 0.646. The molecule has 0 aliphatic carbocycles. The van der Waals surface area contributed by atoms with E-state index in [-0.39, 0.29) is 6.61 Å². The zero-order valence-electron chi connectivity index (χ0n) is 9.51. The summed E-state index contributed by atoms with van der Waals surface area (Å²) in [5.41, 5.74) is 3.41. The molecule has 3 aromatic rings. The number of rotatable bonds is 1. The van der Waals surface area contributed by atoms with Crippen LogP contribution >= 0.6 is 0 Å². The number of aliphatic hydroxyl groups is 1. The topological polar surface area (TPSA) is 46.0 Å². The molecular weight excluding hydrogens is 212 g/mol. The van der Waals surface area contributed by atoms with Crippen LogP contribution < -0.4 is 0 Å². The summed E-state index contributed by atoms with van der Waals surface area (Å²) in [4.78, 5) is 8.99. The molecule has 0 spiro atoms. The summed E-state index contributed by atoms with van der Waals surface area (Å²) < 4.78 is 0. The van der Waals surface area contributed by atoms with Crippen molar-refractivity contribution >= 4 is 21.8 Å². The molecule has 17 heavy (non-hydrogen) atoms. The third-order valence-corrected chi connectivity index (χ3v) is 2.88. The fourth-order valence-corrected chi connectivity index (χ4v) is 1.99. The predicted octanol–water partition coefficient (Wildman–Crippen LogP) is 2.58. The largest absolute Gasteiger partial charge is 0.390 e. The molecule has 84 valence electrons. The summed E-state index contributed by atoms with van der Waals surface area (Å²) in [6.07, 6.45) is 0. The van der Waals surface area contributed by atoms with Crippen molar-refractivity contribution in [3.63, 3.8) is 0 Å². The maximum atomic E-state index is 9.14. The molecule has 0 aliphatic heterocycles. The summed E-state index contributed by atoms with van der Waals surface area (Å²) in [6, 6.07) is 11.9. The van der Waals surface area contributed by atoms with Crippen LogP contribution in [0.5, 0.6) is 0 Å². The van der Waals surface area contributed by atoms with Crippen molar-refractivity contribution in [1.29, 1.82) is 0 Å². The first-order valence-electron chi connectivity index (χ1n) is 5.55. The molecule has 3 rings (SSSR count). The number of aryl methyl sites for hydroxylation is 1. The van der Waals surface area contributed by atoms with Crippen molar-refractivity contribution in [2.45, 2.75) is 13.5 Å². The molecule has 3 nitrogen and oxygen atoms in total. The van der Waals surface area contributed by atoms with Gasteiger partial charge in [-0.25, -0.2) is 4.98 Å². The highest BCUT2D eigenvalue weighted by molar-refractivity contribution is 6.02. The van der Waals surface area contributed by atoms with Crippen molar-refractivity contribution < 1.29 is 5.11 Å². The lowest BCUT2D eigenvalue weighted by Crippen LogP contribution is -1.92. The SMILES string of the molecule is Cc1ccc2ccc3ccc(CO)nc3c2n1. The van der Waals surface area contributed by atoms with E-state index in [1.807, 2.05) is 43.3 Å². The van der Waals surface area contributed by atoms with Gasteiger partial charge in [-0.1, -0.05) is 24.3 Å². The third-order valence-electron chi connectivity index (χ3n) is 2.88. The first kappa shape index (κ1) is 10.2. The van der Waals surface area contributed by atoms with Crippen molar-refractivity contribution in [3.8, 4) is 0 Å². The van der Waals surface area contributed by atoms with Crippen molar-refractivity contribution in [2.24, 2.45) is 0 Å². The first-order chi connectivity index (χ1) is 8.28. The molecule has 0 saturated carbocycles. The molecule has 0 amide bonds. The Morgan fingerprint density at radius 3 is 2.18 bits per heavy atom. The van der Waals surface area contributed by atoms with Crippen molar-refractivity contribution in [1.82, 2.24) is 9.97 Å². The van der Waals surface area contributed by atoms with E-state index in [1.54, 1.807) is 0 Å². The summed E-state index contributed by atoms with van der Waals surface area (Å²) >= 11 is 0. The van der Waals surface area contributed by atoms with Gasteiger partial charge >= 0.3 is 0 Å². The molecule has 0 saturated heterocycles. The number of aromatic nitrogens is 2.